The summed E-state index contributed by atoms with van der Waals surface area (Å²) in [5.41, 5.74) is 7.96. The molecule has 24 heavy (non-hydrogen) atoms. The minimum atomic E-state index is -0.462. The maximum atomic E-state index is 12.1. The number of nitriles is 1. The molecule has 0 aliphatic rings. The van der Waals surface area contributed by atoms with Gasteiger partial charge in [0.15, 0.2) is 0 Å². The molecule has 2 rings (SSSR count). The highest BCUT2D eigenvalue weighted by Gasteiger charge is 2.09. The van der Waals surface area contributed by atoms with Crippen LogP contribution in [0.5, 0.6) is 0 Å². The van der Waals surface area contributed by atoms with Crippen LogP contribution in [0.2, 0.25) is 0 Å². The van der Waals surface area contributed by atoms with Crippen molar-refractivity contribution in [2.45, 2.75) is 6.42 Å². The first-order valence-corrected chi connectivity index (χ1v) is 8.13. The van der Waals surface area contributed by atoms with Gasteiger partial charge in [0.1, 0.15) is 11.6 Å². The number of nitrogens with zero attached hydrogens (tertiary/aromatic N) is 1. The molecule has 1 amide bonds. The monoisotopic (exact) mass is 384 g/mol. The van der Waals surface area contributed by atoms with E-state index in [2.05, 4.69) is 26.6 Å². The molecule has 2 aromatic carbocycles. The van der Waals surface area contributed by atoms with Crippen molar-refractivity contribution in [1.29, 1.82) is 5.26 Å². The number of amides is 1. The van der Waals surface area contributed by atoms with Crippen molar-refractivity contribution in [2.24, 2.45) is 0 Å². The SMILES string of the molecule is N#C/C(=C/NCCc1ccccc1Br)C(=O)Nc1ccc(N)cc1. The molecule has 0 aromatic heterocycles. The van der Waals surface area contributed by atoms with E-state index in [0.717, 1.165) is 16.5 Å². The highest BCUT2D eigenvalue weighted by atomic mass is 79.9. The first-order chi connectivity index (χ1) is 11.6. The third-order valence-corrected chi connectivity index (χ3v) is 4.05. The van der Waals surface area contributed by atoms with Crippen LogP contribution in [0, 0.1) is 11.3 Å². The Balaban J connectivity index is 1.89. The second kappa shape index (κ2) is 8.75. The maximum absolute atomic E-state index is 12.1. The number of rotatable bonds is 6. The molecular formula is C18H17BrN4O. The Bertz CT molecular complexity index is 778. The number of nitrogens with one attached hydrogen (secondary N) is 2. The normalized spacial score (nSPS) is 10.8. The van der Waals surface area contributed by atoms with Crippen LogP contribution >= 0.6 is 15.9 Å². The predicted molar refractivity (Wildman–Crippen MR) is 99.0 cm³/mol. The van der Waals surface area contributed by atoms with Crippen molar-refractivity contribution in [3.63, 3.8) is 0 Å². The van der Waals surface area contributed by atoms with Gasteiger partial charge in [0, 0.05) is 28.6 Å². The fourth-order valence-corrected chi connectivity index (χ4v) is 2.48. The highest BCUT2D eigenvalue weighted by Crippen LogP contribution is 2.16. The van der Waals surface area contributed by atoms with Gasteiger partial charge in [-0.15, -0.1) is 0 Å². The van der Waals surface area contributed by atoms with Crippen LogP contribution in [-0.4, -0.2) is 12.5 Å². The molecule has 0 spiro atoms. The van der Waals surface area contributed by atoms with Crippen LogP contribution in [-0.2, 0) is 11.2 Å². The second-order valence-corrected chi connectivity index (χ2v) is 5.90. The Morgan fingerprint density at radius 1 is 1.21 bits per heavy atom. The number of hydrogen-bond acceptors (Lipinski definition) is 4. The summed E-state index contributed by atoms with van der Waals surface area (Å²) in [4.78, 5) is 12.1. The molecule has 0 saturated heterocycles. The van der Waals surface area contributed by atoms with Gasteiger partial charge in [0.2, 0.25) is 0 Å². The van der Waals surface area contributed by atoms with E-state index < -0.39 is 5.91 Å². The summed E-state index contributed by atoms with van der Waals surface area (Å²) in [5.74, 6) is -0.462. The Hall–Kier alpha value is -2.78. The average Bonchev–Trinajstić information content (AvgIpc) is 2.58. The van der Waals surface area contributed by atoms with Crippen molar-refractivity contribution in [3.8, 4) is 6.07 Å². The molecule has 0 atom stereocenters. The van der Waals surface area contributed by atoms with Crippen LogP contribution in [0.1, 0.15) is 5.56 Å². The maximum Gasteiger partial charge on any atom is 0.267 e. The zero-order valence-electron chi connectivity index (χ0n) is 12.9. The van der Waals surface area contributed by atoms with Gasteiger partial charge in [-0.1, -0.05) is 34.1 Å². The van der Waals surface area contributed by atoms with Crippen molar-refractivity contribution < 1.29 is 4.79 Å². The molecule has 0 fully saturated rings. The van der Waals surface area contributed by atoms with Gasteiger partial charge in [0.05, 0.1) is 0 Å². The second-order valence-electron chi connectivity index (χ2n) is 5.04. The first-order valence-electron chi connectivity index (χ1n) is 7.34. The molecule has 4 N–H and O–H groups in total. The Morgan fingerprint density at radius 3 is 2.58 bits per heavy atom. The van der Waals surface area contributed by atoms with Gasteiger partial charge in [-0.05, 0) is 42.3 Å². The molecule has 0 aliphatic heterocycles. The molecule has 6 heteroatoms. The number of benzene rings is 2. The van der Waals surface area contributed by atoms with Crippen molar-refractivity contribution in [2.75, 3.05) is 17.6 Å². The first kappa shape index (κ1) is 17.6. The Labute approximate surface area is 149 Å². The Kier molecular flexibility index (Phi) is 6.41. The summed E-state index contributed by atoms with van der Waals surface area (Å²) in [7, 11) is 0. The molecule has 5 nitrogen and oxygen atoms in total. The quantitative estimate of drug-likeness (QED) is 0.308. The van der Waals surface area contributed by atoms with Crippen LogP contribution in [0.25, 0.3) is 0 Å². The van der Waals surface area contributed by atoms with Gasteiger partial charge in [-0.2, -0.15) is 5.26 Å². The lowest BCUT2D eigenvalue weighted by atomic mass is 10.1. The van der Waals surface area contributed by atoms with Crippen molar-refractivity contribution in [3.05, 3.63) is 70.3 Å². The average molecular weight is 385 g/mol. The molecule has 0 bridgehead atoms. The van der Waals surface area contributed by atoms with E-state index in [-0.39, 0.29) is 5.57 Å². The van der Waals surface area contributed by atoms with E-state index in [1.54, 1.807) is 24.3 Å². The molecule has 0 aliphatic carbocycles. The lowest BCUT2D eigenvalue weighted by Crippen LogP contribution is -2.18. The number of nitrogens with two attached hydrogens (primary N) is 1. The minimum absolute atomic E-state index is 0.0129. The standard InChI is InChI=1S/C18H17BrN4O/c19-17-4-2-1-3-13(17)9-10-22-12-14(11-20)18(24)23-16-7-5-15(21)6-8-16/h1-8,12,22H,9-10,21H2,(H,23,24)/b14-12-. The fourth-order valence-electron chi connectivity index (χ4n) is 2.00. The number of halogens is 1. The summed E-state index contributed by atoms with van der Waals surface area (Å²) < 4.78 is 1.04. The van der Waals surface area contributed by atoms with Crippen molar-refractivity contribution in [1.82, 2.24) is 5.32 Å². The molecule has 0 saturated carbocycles. The van der Waals surface area contributed by atoms with Crippen LogP contribution in [0.3, 0.4) is 0 Å². The van der Waals surface area contributed by atoms with Gasteiger partial charge >= 0.3 is 0 Å². The number of carbonyl (C=O) groups is 1. The molecule has 0 heterocycles. The zero-order valence-corrected chi connectivity index (χ0v) is 14.5. The smallest absolute Gasteiger partial charge is 0.267 e. The molecule has 2 aromatic rings. The van der Waals surface area contributed by atoms with Crippen LogP contribution < -0.4 is 16.4 Å². The number of nitrogen functional groups attached to an aromatic ring is 1. The molecule has 0 radical (unpaired) electrons. The largest absolute Gasteiger partial charge is 0.399 e. The van der Waals surface area contributed by atoms with Gasteiger partial charge in [-0.25, -0.2) is 0 Å². The lowest BCUT2D eigenvalue weighted by molar-refractivity contribution is -0.112. The van der Waals surface area contributed by atoms with Crippen molar-refractivity contribution >= 4 is 33.2 Å². The molecule has 122 valence electrons. The van der Waals surface area contributed by atoms with E-state index >= 15 is 0 Å². The van der Waals surface area contributed by atoms with Gasteiger partial charge in [-0.3, -0.25) is 4.79 Å². The number of anilines is 2. The summed E-state index contributed by atoms with van der Waals surface area (Å²) in [6.07, 6.45) is 2.21. The summed E-state index contributed by atoms with van der Waals surface area (Å²) in [6.45, 7) is 0.614. The van der Waals surface area contributed by atoms with Gasteiger partial charge < -0.3 is 16.4 Å². The molecule has 0 unspecified atom stereocenters. The van der Waals surface area contributed by atoms with E-state index in [9.17, 15) is 4.79 Å². The zero-order chi connectivity index (χ0) is 17.4. The van der Waals surface area contributed by atoms with E-state index in [0.29, 0.717) is 17.9 Å². The fraction of sp³-hybridized carbons (Fsp3) is 0.111. The van der Waals surface area contributed by atoms with E-state index in [1.807, 2.05) is 30.3 Å². The lowest BCUT2D eigenvalue weighted by Gasteiger charge is -2.06. The van der Waals surface area contributed by atoms with E-state index in [4.69, 9.17) is 11.0 Å². The van der Waals surface area contributed by atoms with Gasteiger partial charge in [0.25, 0.3) is 5.91 Å². The summed E-state index contributed by atoms with van der Waals surface area (Å²) in [5, 5.41) is 14.8. The molecular weight excluding hydrogens is 368 g/mol. The third-order valence-electron chi connectivity index (χ3n) is 3.28. The number of carbonyl (C=O) groups excluding carboxylic acids is 1. The summed E-state index contributed by atoms with van der Waals surface area (Å²) in [6, 6.07) is 16.6. The highest BCUT2D eigenvalue weighted by molar-refractivity contribution is 9.10. The minimum Gasteiger partial charge on any atom is -0.399 e. The summed E-state index contributed by atoms with van der Waals surface area (Å²) >= 11 is 3.49. The predicted octanol–water partition coefficient (Wildman–Crippen LogP) is 3.21. The Morgan fingerprint density at radius 2 is 1.92 bits per heavy atom. The topological polar surface area (TPSA) is 90.9 Å². The third kappa shape index (κ3) is 5.14. The van der Waals surface area contributed by atoms with Crippen LogP contribution in [0.4, 0.5) is 11.4 Å². The van der Waals surface area contributed by atoms with E-state index in [1.165, 1.54) is 6.20 Å². The van der Waals surface area contributed by atoms with Crippen LogP contribution in [0.15, 0.2) is 64.8 Å². The number of hydrogen-bond donors (Lipinski definition) is 3.